The van der Waals surface area contributed by atoms with Gasteiger partial charge in [-0.3, -0.25) is 4.79 Å². The fourth-order valence-electron chi connectivity index (χ4n) is 1.67. The molecule has 0 bridgehead atoms. The van der Waals surface area contributed by atoms with Crippen LogP contribution in [0, 0.1) is 0 Å². The average molecular weight is 300 g/mol. The van der Waals surface area contributed by atoms with Crippen LogP contribution in [0.25, 0.3) is 0 Å². The standard InChI is InChI=1S/C13H20N2O4S/c1-4-15-13(16)9(3)20(17,18)12-8-10(19-5-2)6-7-11(12)14/h6-9H,4-5,14H2,1-3H3,(H,15,16). The van der Waals surface area contributed by atoms with Gasteiger partial charge in [0.2, 0.25) is 5.91 Å². The number of nitrogens with two attached hydrogens (primary N) is 1. The van der Waals surface area contributed by atoms with E-state index in [0.717, 1.165) is 0 Å². The molecule has 1 aromatic rings. The first-order chi connectivity index (χ1) is 9.34. The molecule has 1 atom stereocenters. The fourth-order valence-corrected chi connectivity index (χ4v) is 3.09. The van der Waals surface area contributed by atoms with E-state index in [2.05, 4.69) is 5.32 Å². The van der Waals surface area contributed by atoms with Crippen LogP contribution in [0.15, 0.2) is 23.1 Å². The van der Waals surface area contributed by atoms with Gasteiger partial charge in [-0.2, -0.15) is 0 Å². The first-order valence-electron chi connectivity index (χ1n) is 6.38. The number of hydrogen-bond donors (Lipinski definition) is 2. The SMILES string of the molecule is CCNC(=O)C(C)S(=O)(=O)c1cc(OCC)ccc1N. The number of amides is 1. The molecule has 0 aromatic heterocycles. The highest BCUT2D eigenvalue weighted by Gasteiger charge is 2.31. The average Bonchev–Trinajstić information content (AvgIpc) is 2.40. The molecule has 7 heteroatoms. The van der Waals surface area contributed by atoms with Gasteiger partial charge in [0.1, 0.15) is 11.0 Å². The van der Waals surface area contributed by atoms with E-state index >= 15 is 0 Å². The number of benzene rings is 1. The van der Waals surface area contributed by atoms with Gasteiger partial charge in [0.25, 0.3) is 0 Å². The molecule has 0 saturated carbocycles. The van der Waals surface area contributed by atoms with Crippen LogP contribution in [0.4, 0.5) is 5.69 Å². The van der Waals surface area contributed by atoms with Crippen molar-refractivity contribution in [3.63, 3.8) is 0 Å². The second kappa shape index (κ2) is 6.60. The van der Waals surface area contributed by atoms with Crippen LogP contribution < -0.4 is 15.8 Å². The van der Waals surface area contributed by atoms with Crippen LogP contribution in [-0.2, 0) is 14.6 Å². The minimum absolute atomic E-state index is 0.0813. The zero-order chi connectivity index (χ0) is 15.3. The van der Waals surface area contributed by atoms with Crippen LogP contribution in [-0.4, -0.2) is 32.7 Å². The van der Waals surface area contributed by atoms with Crippen molar-refractivity contribution in [3.8, 4) is 5.75 Å². The minimum Gasteiger partial charge on any atom is -0.494 e. The van der Waals surface area contributed by atoms with Crippen LogP contribution in [0.1, 0.15) is 20.8 Å². The second-order valence-corrected chi connectivity index (χ2v) is 6.45. The predicted molar refractivity (Wildman–Crippen MR) is 77.4 cm³/mol. The summed E-state index contributed by atoms with van der Waals surface area (Å²) in [5, 5.41) is 1.28. The maximum absolute atomic E-state index is 12.4. The van der Waals surface area contributed by atoms with Crippen LogP contribution in [0.5, 0.6) is 5.75 Å². The summed E-state index contributed by atoms with van der Waals surface area (Å²) in [4.78, 5) is 11.6. The van der Waals surface area contributed by atoms with Gasteiger partial charge in [0.15, 0.2) is 9.84 Å². The first kappa shape index (κ1) is 16.3. The molecule has 0 aliphatic heterocycles. The minimum atomic E-state index is -3.85. The van der Waals surface area contributed by atoms with Gasteiger partial charge in [-0.1, -0.05) is 0 Å². The van der Waals surface area contributed by atoms with Crippen LogP contribution in [0.3, 0.4) is 0 Å². The lowest BCUT2D eigenvalue weighted by atomic mass is 10.3. The molecular weight excluding hydrogens is 280 g/mol. The van der Waals surface area contributed by atoms with Crippen molar-refractivity contribution in [1.82, 2.24) is 5.32 Å². The van der Waals surface area contributed by atoms with E-state index < -0.39 is 21.0 Å². The number of rotatable bonds is 6. The quantitative estimate of drug-likeness (QED) is 0.763. The molecule has 0 aliphatic carbocycles. The van der Waals surface area contributed by atoms with Gasteiger partial charge in [0.05, 0.1) is 17.2 Å². The van der Waals surface area contributed by atoms with Gasteiger partial charge in [-0.15, -0.1) is 0 Å². The van der Waals surface area contributed by atoms with Gasteiger partial charge in [-0.05, 0) is 32.9 Å². The number of carbonyl (C=O) groups excluding carboxylic acids is 1. The number of carbonyl (C=O) groups is 1. The molecule has 0 saturated heterocycles. The van der Waals surface area contributed by atoms with E-state index in [-0.39, 0.29) is 10.6 Å². The summed E-state index contributed by atoms with van der Waals surface area (Å²) in [5.74, 6) is -0.142. The van der Waals surface area contributed by atoms with Gasteiger partial charge >= 0.3 is 0 Å². The molecule has 1 aromatic carbocycles. The van der Waals surface area contributed by atoms with Gasteiger partial charge in [0, 0.05) is 12.6 Å². The van der Waals surface area contributed by atoms with E-state index in [1.807, 2.05) is 0 Å². The van der Waals surface area contributed by atoms with Crippen molar-refractivity contribution in [2.75, 3.05) is 18.9 Å². The molecule has 0 spiro atoms. The molecule has 0 radical (unpaired) electrons. The summed E-state index contributed by atoms with van der Waals surface area (Å²) in [6.07, 6.45) is 0. The number of nitrogens with one attached hydrogen (secondary N) is 1. The van der Waals surface area contributed by atoms with Crippen molar-refractivity contribution >= 4 is 21.4 Å². The molecule has 0 fully saturated rings. The number of nitrogen functional groups attached to an aromatic ring is 1. The Bertz CT molecular complexity index is 584. The molecule has 112 valence electrons. The Morgan fingerprint density at radius 2 is 2.05 bits per heavy atom. The normalized spacial score (nSPS) is 12.8. The molecule has 1 unspecified atom stereocenters. The number of anilines is 1. The maximum Gasteiger partial charge on any atom is 0.238 e. The molecular formula is C13H20N2O4S. The van der Waals surface area contributed by atoms with E-state index in [4.69, 9.17) is 10.5 Å². The summed E-state index contributed by atoms with van der Waals surface area (Å²) in [5.41, 5.74) is 5.82. The second-order valence-electron chi connectivity index (χ2n) is 4.21. The number of sulfone groups is 1. The fraction of sp³-hybridized carbons (Fsp3) is 0.462. The molecule has 0 heterocycles. The summed E-state index contributed by atoms with van der Waals surface area (Å²) in [7, 11) is -3.85. The smallest absolute Gasteiger partial charge is 0.238 e. The third kappa shape index (κ3) is 3.41. The van der Waals surface area contributed by atoms with Crippen LogP contribution in [0.2, 0.25) is 0 Å². The van der Waals surface area contributed by atoms with Crippen molar-refractivity contribution < 1.29 is 17.9 Å². The molecule has 1 rings (SSSR count). The summed E-state index contributed by atoms with van der Waals surface area (Å²) < 4.78 is 30.1. The Morgan fingerprint density at radius 3 is 2.60 bits per heavy atom. The van der Waals surface area contributed by atoms with Crippen LogP contribution >= 0.6 is 0 Å². The zero-order valence-corrected chi connectivity index (χ0v) is 12.7. The number of ether oxygens (including phenoxy) is 1. The monoisotopic (exact) mass is 300 g/mol. The summed E-state index contributed by atoms with van der Waals surface area (Å²) in [6.45, 7) is 5.64. The third-order valence-electron chi connectivity index (χ3n) is 2.79. The third-order valence-corrected chi connectivity index (χ3v) is 4.90. The number of hydrogen-bond acceptors (Lipinski definition) is 5. The molecule has 20 heavy (non-hydrogen) atoms. The Kier molecular flexibility index (Phi) is 5.38. The van der Waals surface area contributed by atoms with E-state index in [9.17, 15) is 13.2 Å². The highest BCUT2D eigenvalue weighted by Crippen LogP contribution is 2.27. The highest BCUT2D eigenvalue weighted by atomic mass is 32.2. The highest BCUT2D eigenvalue weighted by molar-refractivity contribution is 7.93. The van der Waals surface area contributed by atoms with Crippen molar-refractivity contribution in [3.05, 3.63) is 18.2 Å². The van der Waals surface area contributed by atoms with Crippen molar-refractivity contribution in [2.45, 2.75) is 30.9 Å². The molecule has 1 amide bonds. The molecule has 0 aliphatic rings. The van der Waals surface area contributed by atoms with Gasteiger partial charge < -0.3 is 15.8 Å². The lowest BCUT2D eigenvalue weighted by Crippen LogP contribution is -2.37. The van der Waals surface area contributed by atoms with Crippen molar-refractivity contribution in [2.24, 2.45) is 0 Å². The lowest BCUT2D eigenvalue weighted by molar-refractivity contribution is -0.120. The predicted octanol–water partition coefficient (Wildman–Crippen LogP) is 0.966. The zero-order valence-electron chi connectivity index (χ0n) is 11.8. The van der Waals surface area contributed by atoms with E-state index in [0.29, 0.717) is 18.9 Å². The Labute approximate surface area is 119 Å². The molecule has 3 N–H and O–H groups in total. The van der Waals surface area contributed by atoms with E-state index in [1.54, 1.807) is 19.9 Å². The maximum atomic E-state index is 12.4. The Hall–Kier alpha value is -1.76. The lowest BCUT2D eigenvalue weighted by Gasteiger charge is -2.15. The summed E-state index contributed by atoms with van der Waals surface area (Å²) >= 11 is 0. The Morgan fingerprint density at radius 1 is 1.40 bits per heavy atom. The summed E-state index contributed by atoms with van der Waals surface area (Å²) in [6, 6.07) is 4.40. The van der Waals surface area contributed by atoms with Crippen molar-refractivity contribution in [1.29, 1.82) is 0 Å². The Balaban J connectivity index is 3.20. The first-order valence-corrected chi connectivity index (χ1v) is 7.93. The topological polar surface area (TPSA) is 98.5 Å². The van der Waals surface area contributed by atoms with Gasteiger partial charge in [-0.25, -0.2) is 8.42 Å². The molecule has 6 nitrogen and oxygen atoms in total. The van der Waals surface area contributed by atoms with E-state index in [1.165, 1.54) is 19.1 Å². The largest absolute Gasteiger partial charge is 0.494 e.